The van der Waals surface area contributed by atoms with E-state index in [1.165, 1.54) is 11.1 Å². The van der Waals surface area contributed by atoms with Crippen molar-refractivity contribution < 1.29 is 14.6 Å². The van der Waals surface area contributed by atoms with Crippen molar-refractivity contribution in [3.8, 4) is 11.8 Å². The summed E-state index contributed by atoms with van der Waals surface area (Å²) in [7, 11) is 1.59. The van der Waals surface area contributed by atoms with Gasteiger partial charge in [0.1, 0.15) is 5.82 Å². The number of morpholine rings is 1. The standard InChI is InChI=1S/C24H30N6O3/c1-13-6-15-10-26-30(19(15)8-18(13)17-4-5-25-11-20(17)31)23-9-22(27-24(28-23)32-3)29-14(2)21-7-16(29)12-33-21/h6,8-10,14,16-17,20-21,25,31H,4-5,7,11-12H2,1-3H3. The zero-order valence-electron chi connectivity index (χ0n) is 19.2. The van der Waals surface area contributed by atoms with E-state index in [1.54, 1.807) is 7.11 Å². The summed E-state index contributed by atoms with van der Waals surface area (Å²) in [4.78, 5) is 11.6. The van der Waals surface area contributed by atoms with Crippen molar-refractivity contribution in [1.82, 2.24) is 25.1 Å². The summed E-state index contributed by atoms with van der Waals surface area (Å²) in [6.45, 7) is 6.54. The number of rotatable bonds is 4. The molecule has 5 heterocycles. The zero-order valence-corrected chi connectivity index (χ0v) is 19.2. The Hall–Kier alpha value is -2.75. The molecule has 0 saturated carbocycles. The predicted molar refractivity (Wildman–Crippen MR) is 124 cm³/mol. The Morgan fingerprint density at radius 3 is 2.82 bits per heavy atom. The van der Waals surface area contributed by atoms with Crippen LogP contribution in [0.2, 0.25) is 0 Å². The molecule has 1 aromatic carbocycles. The number of aliphatic hydroxyl groups is 1. The Morgan fingerprint density at radius 2 is 2.06 bits per heavy atom. The van der Waals surface area contributed by atoms with Crippen LogP contribution in [-0.4, -0.2) is 76.0 Å². The molecule has 0 spiro atoms. The molecular formula is C24H30N6O3. The van der Waals surface area contributed by atoms with Crippen LogP contribution in [0.4, 0.5) is 5.82 Å². The number of β-amino-alcohol motifs (C(OH)–C–C–N with tert-alkyl or cyclic N) is 1. The Kier molecular flexibility index (Phi) is 5.01. The third-order valence-electron chi connectivity index (χ3n) is 7.53. The third kappa shape index (κ3) is 3.37. The number of aliphatic hydroxyl groups excluding tert-OH is 1. The van der Waals surface area contributed by atoms with Crippen LogP contribution in [0.3, 0.4) is 0 Å². The molecule has 2 bridgehead atoms. The lowest BCUT2D eigenvalue weighted by molar-refractivity contribution is 0.0743. The largest absolute Gasteiger partial charge is 0.467 e. The lowest BCUT2D eigenvalue weighted by Crippen LogP contribution is -2.44. The van der Waals surface area contributed by atoms with Crippen LogP contribution < -0.4 is 15.0 Å². The van der Waals surface area contributed by atoms with E-state index >= 15 is 0 Å². The summed E-state index contributed by atoms with van der Waals surface area (Å²) in [6, 6.07) is 7.21. The highest BCUT2D eigenvalue weighted by Crippen LogP contribution is 2.38. The molecule has 9 nitrogen and oxygen atoms in total. The van der Waals surface area contributed by atoms with Crippen molar-refractivity contribution in [2.75, 3.05) is 31.7 Å². The van der Waals surface area contributed by atoms with Gasteiger partial charge in [-0.25, -0.2) is 4.68 Å². The molecule has 0 radical (unpaired) electrons. The smallest absolute Gasteiger partial charge is 0.320 e. The molecule has 2 aromatic heterocycles. The highest BCUT2D eigenvalue weighted by atomic mass is 16.5. The van der Waals surface area contributed by atoms with E-state index in [0.717, 1.165) is 42.7 Å². The maximum absolute atomic E-state index is 10.6. The number of anilines is 1. The van der Waals surface area contributed by atoms with E-state index < -0.39 is 6.10 Å². The van der Waals surface area contributed by atoms with Gasteiger partial charge in [-0.1, -0.05) is 0 Å². The predicted octanol–water partition coefficient (Wildman–Crippen LogP) is 1.94. The van der Waals surface area contributed by atoms with Gasteiger partial charge in [0, 0.05) is 23.9 Å². The Labute approximate surface area is 192 Å². The average Bonchev–Trinajstić information content (AvgIpc) is 3.53. The molecule has 0 aliphatic carbocycles. The van der Waals surface area contributed by atoms with Gasteiger partial charge in [0.15, 0.2) is 5.82 Å². The summed E-state index contributed by atoms with van der Waals surface area (Å²) in [5.41, 5.74) is 3.31. The van der Waals surface area contributed by atoms with Crippen LogP contribution in [-0.2, 0) is 4.74 Å². The van der Waals surface area contributed by atoms with Crippen molar-refractivity contribution in [3.63, 3.8) is 0 Å². The van der Waals surface area contributed by atoms with E-state index in [1.807, 2.05) is 16.9 Å². The highest BCUT2D eigenvalue weighted by Gasteiger charge is 2.45. The zero-order chi connectivity index (χ0) is 22.7. The number of hydrogen-bond donors (Lipinski definition) is 2. The Bertz CT molecular complexity index is 1190. The van der Waals surface area contributed by atoms with Gasteiger partial charge in [-0.2, -0.15) is 15.1 Å². The van der Waals surface area contributed by atoms with Crippen molar-refractivity contribution >= 4 is 16.7 Å². The van der Waals surface area contributed by atoms with Crippen molar-refractivity contribution in [3.05, 3.63) is 35.5 Å². The molecule has 3 saturated heterocycles. The third-order valence-corrected chi connectivity index (χ3v) is 7.53. The van der Waals surface area contributed by atoms with Crippen LogP contribution in [0.25, 0.3) is 16.7 Å². The van der Waals surface area contributed by atoms with Gasteiger partial charge < -0.3 is 24.8 Å². The molecule has 5 atom stereocenters. The van der Waals surface area contributed by atoms with Gasteiger partial charge in [-0.3, -0.25) is 0 Å². The van der Waals surface area contributed by atoms with Crippen LogP contribution in [0, 0.1) is 6.92 Å². The normalized spacial score (nSPS) is 29.2. The lowest BCUT2D eigenvalue weighted by atomic mass is 9.85. The number of aromatic nitrogens is 4. The van der Waals surface area contributed by atoms with Gasteiger partial charge in [-0.15, -0.1) is 0 Å². The fraction of sp³-hybridized carbons (Fsp3) is 0.542. The van der Waals surface area contributed by atoms with E-state index in [0.29, 0.717) is 24.4 Å². The molecule has 6 rings (SSSR count). The van der Waals surface area contributed by atoms with Gasteiger partial charge >= 0.3 is 6.01 Å². The number of ether oxygens (including phenoxy) is 2. The molecule has 174 valence electrons. The minimum absolute atomic E-state index is 0.107. The SMILES string of the molecule is COc1nc(N2C3COC(C3)C2C)cc(-n2ncc3cc(C)c(C4CCNCC4O)cc32)n1. The summed E-state index contributed by atoms with van der Waals surface area (Å²) in [5, 5.41) is 19.6. The van der Waals surface area contributed by atoms with Gasteiger partial charge in [0.2, 0.25) is 0 Å². The fourth-order valence-corrected chi connectivity index (χ4v) is 5.80. The second kappa shape index (κ2) is 7.93. The van der Waals surface area contributed by atoms with Crippen molar-refractivity contribution in [1.29, 1.82) is 0 Å². The van der Waals surface area contributed by atoms with Gasteiger partial charge in [-0.05, 0) is 56.5 Å². The molecule has 3 fully saturated rings. The number of nitrogens with one attached hydrogen (secondary N) is 1. The summed E-state index contributed by atoms with van der Waals surface area (Å²) < 4.78 is 13.2. The van der Waals surface area contributed by atoms with Crippen LogP contribution in [0.5, 0.6) is 6.01 Å². The first-order valence-corrected chi connectivity index (χ1v) is 11.7. The minimum atomic E-state index is -0.397. The fourth-order valence-electron chi connectivity index (χ4n) is 5.80. The summed E-state index contributed by atoms with van der Waals surface area (Å²) >= 11 is 0. The first-order valence-electron chi connectivity index (χ1n) is 11.7. The number of aryl methyl sites for hydroxylation is 1. The maximum atomic E-state index is 10.6. The monoisotopic (exact) mass is 450 g/mol. The lowest BCUT2D eigenvalue weighted by Gasteiger charge is -2.34. The van der Waals surface area contributed by atoms with Crippen LogP contribution >= 0.6 is 0 Å². The van der Waals surface area contributed by atoms with Crippen molar-refractivity contribution in [2.24, 2.45) is 0 Å². The minimum Gasteiger partial charge on any atom is -0.467 e. The van der Waals surface area contributed by atoms with E-state index in [2.05, 4.69) is 51.3 Å². The summed E-state index contributed by atoms with van der Waals surface area (Å²) in [6.07, 6.45) is 3.64. The Morgan fingerprint density at radius 1 is 1.21 bits per heavy atom. The molecule has 2 N–H and O–H groups in total. The second-order valence-electron chi connectivity index (χ2n) is 9.47. The summed E-state index contributed by atoms with van der Waals surface area (Å²) in [5.74, 6) is 1.61. The molecule has 0 amide bonds. The topological polar surface area (TPSA) is 97.6 Å². The van der Waals surface area contributed by atoms with Crippen LogP contribution in [0.1, 0.15) is 36.8 Å². The molecular weight excluding hydrogens is 420 g/mol. The average molecular weight is 451 g/mol. The first kappa shape index (κ1) is 20.8. The number of fused-ring (bicyclic) bond motifs is 3. The molecule has 3 aromatic rings. The number of piperidine rings is 1. The molecule has 33 heavy (non-hydrogen) atoms. The van der Waals surface area contributed by atoms with Gasteiger partial charge in [0.05, 0.1) is 49.7 Å². The van der Waals surface area contributed by atoms with E-state index in [9.17, 15) is 5.11 Å². The van der Waals surface area contributed by atoms with Crippen molar-refractivity contribution in [2.45, 2.75) is 56.9 Å². The molecule has 3 aliphatic heterocycles. The highest BCUT2D eigenvalue weighted by molar-refractivity contribution is 5.82. The number of hydrogen-bond acceptors (Lipinski definition) is 8. The quantitative estimate of drug-likeness (QED) is 0.623. The van der Waals surface area contributed by atoms with Crippen LogP contribution in [0.15, 0.2) is 24.4 Å². The van der Waals surface area contributed by atoms with Gasteiger partial charge in [0.25, 0.3) is 0 Å². The maximum Gasteiger partial charge on any atom is 0.320 e. The molecule has 3 aliphatic rings. The van der Waals surface area contributed by atoms with E-state index in [4.69, 9.17) is 9.47 Å². The second-order valence-corrected chi connectivity index (χ2v) is 9.47. The molecule has 9 heteroatoms. The Balaban J connectivity index is 1.45. The number of benzene rings is 1. The number of methoxy groups -OCH3 is 1. The number of nitrogens with zero attached hydrogens (tertiary/aromatic N) is 5. The molecule has 5 unspecified atom stereocenters. The van der Waals surface area contributed by atoms with E-state index in [-0.39, 0.29) is 18.1 Å². The first-order chi connectivity index (χ1) is 16.0.